The van der Waals surface area contributed by atoms with E-state index < -0.39 is 5.97 Å². The number of nitrogens with zero attached hydrogens (tertiary/aromatic N) is 2. The molecular weight excluding hydrogens is 276 g/mol. The number of carbonyl (C=O) groups is 1. The molecule has 0 aliphatic heterocycles. The molecule has 2 rings (SSSR count). The number of carboxylic acid groups (broad SMARTS) is 1. The number of pyridine rings is 1. The molecule has 1 unspecified atom stereocenters. The summed E-state index contributed by atoms with van der Waals surface area (Å²) in [5.74, 6) is -0.961. The minimum Gasteiger partial charge on any atom is -0.478 e. The number of benzene rings is 1. The molecule has 0 spiro atoms. The van der Waals surface area contributed by atoms with Gasteiger partial charge in [-0.1, -0.05) is 23.7 Å². The Labute approximate surface area is 122 Å². The monoisotopic (exact) mass is 290 g/mol. The van der Waals surface area contributed by atoms with Crippen LogP contribution in [0.1, 0.15) is 28.9 Å². The van der Waals surface area contributed by atoms with Crippen LogP contribution in [0.15, 0.2) is 42.7 Å². The summed E-state index contributed by atoms with van der Waals surface area (Å²) in [4.78, 5) is 17.2. The Hall–Kier alpha value is -2.07. The van der Waals surface area contributed by atoms with Crippen LogP contribution in [0.5, 0.6) is 0 Å². The molecule has 1 heterocycles. The molecule has 0 saturated carbocycles. The lowest BCUT2D eigenvalue weighted by Crippen LogP contribution is -2.23. The Bertz CT molecular complexity index is 614. The molecule has 2 aromatic rings. The lowest BCUT2D eigenvalue weighted by Gasteiger charge is -2.28. The van der Waals surface area contributed by atoms with Gasteiger partial charge in [-0.2, -0.15) is 0 Å². The first-order valence-electron chi connectivity index (χ1n) is 6.16. The molecule has 0 fully saturated rings. The highest BCUT2D eigenvalue weighted by atomic mass is 35.5. The summed E-state index contributed by atoms with van der Waals surface area (Å²) >= 11 is 5.88. The van der Waals surface area contributed by atoms with Crippen LogP contribution in [0.2, 0.25) is 5.02 Å². The summed E-state index contributed by atoms with van der Waals surface area (Å²) in [6.07, 6.45) is 3.05. The average Bonchev–Trinajstić information content (AvgIpc) is 2.46. The third kappa shape index (κ3) is 2.91. The van der Waals surface area contributed by atoms with Crippen LogP contribution in [0.3, 0.4) is 0 Å². The highest BCUT2D eigenvalue weighted by Crippen LogP contribution is 2.28. The van der Waals surface area contributed by atoms with Gasteiger partial charge in [-0.15, -0.1) is 0 Å². The van der Waals surface area contributed by atoms with Gasteiger partial charge >= 0.3 is 5.97 Å². The zero-order valence-electron chi connectivity index (χ0n) is 11.2. The van der Waals surface area contributed by atoms with E-state index in [-0.39, 0.29) is 11.6 Å². The number of hydrogen-bond acceptors (Lipinski definition) is 3. The third-order valence-corrected chi connectivity index (χ3v) is 3.60. The quantitative estimate of drug-likeness (QED) is 0.934. The van der Waals surface area contributed by atoms with Crippen molar-refractivity contribution in [3.63, 3.8) is 0 Å². The topological polar surface area (TPSA) is 53.4 Å². The Morgan fingerprint density at radius 3 is 2.55 bits per heavy atom. The molecular formula is C15H15ClN2O2. The highest BCUT2D eigenvalue weighted by molar-refractivity contribution is 6.30. The van der Waals surface area contributed by atoms with Gasteiger partial charge in [-0.3, -0.25) is 4.98 Å². The molecule has 1 aromatic heterocycles. The molecule has 0 radical (unpaired) electrons. The standard InChI is InChI=1S/C15H15ClN2O2/c1-10(11-3-5-12(16)6-4-11)18(2)14-9-17-8-7-13(14)15(19)20/h3-10H,1-2H3,(H,19,20). The molecule has 0 bridgehead atoms. The Balaban J connectivity index is 2.33. The van der Waals surface area contributed by atoms with E-state index in [1.807, 2.05) is 43.1 Å². The van der Waals surface area contributed by atoms with Crippen molar-refractivity contribution in [2.75, 3.05) is 11.9 Å². The van der Waals surface area contributed by atoms with Gasteiger partial charge in [0.05, 0.1) is 23.5 Å². The first-order chi connectivity index (χ1) is 9.50. The summed E-state index contributed by atoms with van der Waals surface area (Å²) in [7, 11) is 1.85. The van der Waals surface area contributed by atoms with Crippen molar-refractivity contribution >= 4 is 23.3 Å². The maximum Gasteiger partial charge on any atom is 0.337 e. The molecule has 0 aliphatic carbocycles. The zero-order chi connectivity index (χ0) is 14.7. The fraction of sp³-hybridized carbons (Fsp3) is 0.200. The summed E-state index contributed by atoms with van der Waals surface area (Å²) in [6, 6.07) is 9.02. The van der Waals surface area contributed by atoms with Crippen molar-refractivity contribution in [2.24, 2.45) is 0 Å². The van der Waals surface area contributed by atoms with E-state index in [2.05, 4.69) is 4.98 Å². The highest BCUT2D eigenvalue weighted by Gasteiger charge is 2.18. The van der Waals surface area contributed by atoms with Gasteiger partial charge in [0, 0.05) is 18.3 Å². The Morgan fingerprint density at radius 1 is 1.30 bits per heavy atom. The van der Waals surface area contributed by atoms with Gasteiger partial charge in [0.15, 0.2) is 0 Å². The number of hydrogen-bond donors (Lipinski definition) is 1. The molecule has 1 N–H and O–H groups in total. The van der Waals surface area contributed by atoms with E-state index >= 15 is 0 Å². The van der Waals surface area contributed by atoms with E-state index in [9.17, 15) is 9.90 Å². The maximum absolute atomic E-state index is 11.3. The third-order valence-electron chi connectivity index (χ3n) is 3.34. The van der Waals surface area contributed by atoms with Crippen molar-refractivity contribution in [3.05, 3.63) is 58.9 Å². The largest absolute Gasteiger partial charge is 0.478 e. The number of halogens is 1. The predicted molar refractivity (Wildman–Crippen MR) is 79.5 cm³/mol. The number of rotatable bonds is 4. The lowest BCUT2D eigenvalue weighted by atomic mass is 10.1. The average molecular weight is 291 g/mol. The van der Waals surface area contributed by atoms with Crippen molar-refractivity contribution in [1.29, 1.82) is 0 Å². The SMILES string of the molecule is CC(c1ccc(Cl)cc1)N(C)c1cnccc1C(=O)O. The normalized spacial score (nSPS) is 11.9. The number of carboxylic acids is 1. The van der Waals surface area contributed by atoms with Gasteiger partial charge in [0.2, 0.25) is 0 Å². The molecule has 20 heavy (non-hydrogen) atoms. The summed E-state index contributed by atoms with van der Waals surface area (Å²) in [5.41, 5.74) is 1.88. The van der Waals surface area contributed by atoms with Crippen LogP contribution >= 0.6 is 11.6 Å². The maximum atomic E-state index is 11.3. The first-order valence-corrected chi connectivity index (χ1v) is 6.54. The molecule has 0 saturated heterocycles. The van der Waals surface area contributed by atoms with E-state index in [0.717, 1.165) is 5.56 Å². The van der Waals surface area contributed by atoms with Crippen LogP contribution < -0.4 is 4.90 Å². The van der Waals surface area contributed by atoms with E-state index in [1.165, 1.54) is 12.3 Å². The van der Waals surface area contributed by atoms with Crippen molar-refractivity contribution in [1.82, 2.24) is 4.98 Å². The molecule has 0 aliphatic rings. The predicted octanol–water partition coefficient (Wildman–Crippen LogP) is 3.63. The number of aromatic carboxylic acids is 1. The van der Waals surface area contributed by atoms with Crippen LogP contribution in [-0.4, -0.2) is 23.1 Å². The van der Waals surface area contributed by atoms with Crippen LogP contribution in [0.4, 0.5) is 5.69 Å². The fourth-order valence-electron chi connectivity index (χ4n) is 2.02. The summed E-state index contributed by atoms with van der Waals surface area (Å²) in [6.45, 7) is 2.00. The Morgan fingerprint density at radius 2 is 1.95 bits per heavy atom. The molecule has 1 aromatic carbocycles. The van der Waals surface area contributed by atoms with Crippen LogP contribution in [0.25, 0.3) is 0 Å². The second-order valence-corrected chi connectivity index (χ2v) is 4.97. The van der Waals surface area contributed by atoms with E-state index in [1.54, 1.807) is 6.20 Å². The van der Waals surface area contributed by atoms with Crippen molar-refractivity contribution < 1.29 is 9.90 Å². The van der Waals surface area contributed by atoms with E-state index in [4.69, 9.17) is 11.6 Å². The zero-order valence-corrected chi connectivity index (χ0v) is 12.0. The lowest BCUT2D eigenvalue weighted by molar-refractivity contribution is 0.0697. The minimum atomic E-state index is -0.961. The second kappa shape index (κ2) is 5.92. The minimum absolute atomic E-state index is 0.00886. The van der Waals surface area contributed by atoms with Crippen LogP contribution in [-0.2, 0) is 0 Å². The Kier molecular flexibility index (Phi) is 4.25. The van der Waals surface area contributed by atoms with Crippen LogP contribution in [0, 0.1) is 0 Å². The molecule has 4 nitrogen and oxygen atoms in total. The molecule has 0 amide bonds. The van der Waals surface area contributed by atoms with Gasteiger partial charge in [0.1, 0.15) is 0 Å². The van der Waals surface area contributed by atoms with Gasteiger partial charge in [0.25, 0.3) is 0 Å². The second-order valence-electron chi connectivity index (χ2n) is 4.54. The van der Waals surface area contributed by atoms with Crippen molar-refractivity contribution in [3.8, 4) is 0 Å². The summed E-state index contributed by atoms with van der Waals surface area (Å²) < 4.78 is 0. The smallest absolute Gasteiger partial charge is 0.337 e. The van der Waals surface area contributed by atoms with Crippen molar-refractivity contribution in [2.45, 2.75) is 13.0 Å². The number of anilines is 1. The first kappa shape index (κ1) is 14.3. The van der Waals surface area contributed by atoms with Gasteiger partial charge < -0.3 is 10.0 Å². The molecule has 1 atom stereocenters. The van der Waals surface area contributed by atoms with Gasteiger partial charge in [-0.25, -0.2) is 4.79 Å². The number of aromatic nitrogens is 1. The van der Waals surface area contributed by atoms with Gasteiger partial charge in [-0.05, 0) is 30.7 Å². The fourth-order valence-corrected chi connectivity index (χ4v) is 2.15. The van der Waals surface area contributed by atoms with E-state index in [0.29, 0.717) is 10.7 Å². The molecule has 5 heteroatoms. The summed E-state index contributed by atoms with van der Waals surface area (Å²) in [5, 5.41) is 9.91. The molecule has 104 valence electrons.